The minimum Gasteiger partial charge on any atom is -0.493 e. The van der Waals surface area contributed by atoms with Crippen LogP contribution in [0.4, 0.5) is 5.69 Å². The van der Waals surface area contributed by atoms with E-state index in [1.54, 1.807) is 0 Å². The Labute approximate surface area is 96.2 Å². The predicted octanol–water partition coefficient (Wildman–Crippen LogP) is 3.67. The van der Waals surface area contributed by atoms with Gasteiger partial charge in [-0.1, -0.05) is 19.1 Å². The molecule has 0 heterocycles. The van der Waals surface area contributed by atoms with Crippen LogP contribution >= 0.6 is 0 Å². The van der Waals surface area contributed by atoms with Crippen molar-refractivity contribution >= 4 is 16.5 Å². The summed E-state index contributed by atoms with van der Waals surface area (Å²) in [4.78, 5) is 0. The summed E-state index contributed by atoms with van der Waals surface area (Å²) in [5.74, 6) is 0.974. The third kappa shape index (κ3) is 2.11. The predicted molar refractivity (Wildman–Crippen MR) is 69.3 cm³/mol. The van der Waals surface area contributed by atoms with Crippen molar-refractivity contribution in [2.75, 3.05) is 19.0 Å². The monoisotopic (exact) mass is 215 g/mol. The molecule has 0 aliphatic heterocycles. The molecule has 0 spiro atoms. The lowest BCUT2D eigenvalue weighted by Crippen LogP contribution is -1.95. The maximum absolute atomic E-state index is 5.72. The van der Waals surface area contributed by atoms with E-state index in [1.807, 2.05) is 19.2 Å². The highest BCUT2D eigenvalue weighted by molar-refractivity contribution is 5.90. The summed E-state index contributed by atoms with van der Waals surface area (Å²) in [5.41, 5.74) is 1.13. The summed E-state index contributed by atoms with van der Waals surface area (Å²) in [5, 5.41) is 5.53. The Morgan fingerprint density at radius 3 is 2.81 bits per heavy atom. The van der Waals surface area contributed by atoms with Crippen molar-refractivity contribution in [3.63, 3.8) is 0 Å². The van der Waals surface area contributed by atoms with Crippen LogP contribution in [0.15, 0.2) is 36.4 Å². The zero-order chi connectivity index (χ0) is 11.4. The fourth-order valence-electron chi connectivity index (χ4n) is 1.75. The average Bonchev–Trinajstić information content (AvgIpc) is 2.35. The normalized spacial score (nSPS) is 10.4. The molecular formula is C14H17NO. The summed E-state index contributed by atoms with van der Waals surface area (Å²) >= 11 is 0. The van der Waals surface area contributed by atoms with Crippen molar-refractivity contribution < 1.29 is 4.74 Å². The van der Waals surface area contributed by atoms with Crippen LogP contribution in [0.3, 0.4) is 0 Å². The fourth-order valence-corrected chi connectivity index (χ4v) is 1.75. The van der Waals surface area contributed by atoms with Gasteiger partial charge in [-0.25, -0.2) is 0 Å². The number of fused-ring (bicyclic) bond motifs is 1. The number of hydrogen-bond donors (Lipinski definition) is 1. The molecule has 0 saturated heterocycles. The number of hydrogen-bond acceptors (Lipinski definition) is 2. The van der Waals surface area contributed by atoms with Gasteiger partial charge < -0.3 is 10.1 Å². The SMILES string of the molecule is CCCOc1cccc2cc(NC)ccc12. The smallest absolute Gasteiger partial charge is 0.127 e. The van der Waals surface area contributed by atoms with E-state index in [-0.39, 0.29) is 0 Å². The quantitative estimate of drug-likeness (QED) is 0.840. The Kier molecular flexibility index (Phi) is 3.30. The molecule has 0 atom stereocenters. The topological polar surface area (TPSA) is 21.3 Å². The maximum atomic E-state index is 5.72. The highest BCUT2D eigenvalue weighted by Gasteiger charge is 2.01. The lowest BCUT2D eigenvalue weighted by atomic mass is 10.1. The molecule has 84 valence electrons. The first-order valence-electron chi connectivity index (χ1n) is 5.68. The molecule has 2 heteroatoms. The molecule has 2 aromatic rings. The molecule has 2 nitrogen and oxygen atoms in total. The van der Waals surface area contributed by atoms with Crippen LogP contribution in [0, 0.1) is 0 Å². The summed E-state index contributed by atoms with van der Waals surface area (Å²) in [6.07, 6.45) is 1.03. The van der Waals surface area contributed by atoms with Gasteiger partial charge in [-0.05, 0) is 36.1 Å². The molecule has 0 aliphatic carbocycles. The molecule has 0 amide bonds. The summed E-state index contributed by atoms with van der Waals surface area (Å²) in [7, 11) is 1.93. The minimum absolute atomic E-state index is 0.771. The highest BCUT2D eigenvalue weighted by atomic mass is 16.5. The van der Waals surface area contributed by atoms with Crippen molar-refractivity contribution in [3.8, 4) is 5.75 Å². The Bertz CT molecular complexity index is 479. The second-order valence-electron chi connectivity index (χ2n) is 3.79. The van der Waals surface area contributed by atoms with Gasteiger partial charge in [0.25, 0.3) is 0 Å². The second-order valence-corrected chi connectivity index (χ2v) is 3.79. The molecule has 0 radical (unpaired) electrons. The number of ether oxygens (including phenoxy) is 1. The molecule has 0 fully saturated rings. The first-order valence-corrected chi connectivity index (χ1v) is 5.68. The van der Waals surface area contributed by atoms with Crippen LogP contribution in [0.2, 0.25) is 0 Å². The lowest BCUT2D eigenvalue weighted by molar-refractivity contribution is 0.321. The molecule has 1 N–H and O–H groups in total. The summed E-state index contributed by atoms with van der Waals surface area (Å²) in [6.45, 7) is 2.89. The van der Waals surface area contributed by atoms with E-state index >= 15 is 0 Å². The van der Waals surface area contributed by atoms with E-state index in [9.17, 15) is 0 Å². The molecule has 16 heavy (non-hydrogen) atoms. The zero-order valence-electron chi connectivity index (χ0n) is 9.79. The highest BCUT2D eigenvalue weighted by Crippen LogP contribution is 2.27. The van der Waals surface area contributed by atoms with Gasteiger partial charge in [0.1, 0.15) is 5.75 Å². The van der Waals surface area contributed by atoms with Crippen molar-refractivity contribution in [1.29, 1.82) is 0 Å². The summed E-state index contributed by atoms with van der Waals surface area (Å²) < 4.78 is 5.72. The second kappa shape index (κ2) is 4.88. The number of nitrogens with one attached hydrogen (secondary N) is 1. The molecular weight excluding hydrogens is 198 g/mol. The van der Waals surface area contributed by atoms with E-state index in [0.717, 1.165) is 24.5 Å². The van der Waals surface area contributed by atoms with Gasteiger partial charge in [-0.15, -0.1) is 0 Å². The van der Waals surface area contributed by atoms with E-state index in [0.29, 0.717) is 0 Å². The Balaban J connectivity index is 2.43. The van der Waals surface area contributed by atoms with Gasteiger partial charge in [0, 0.05) is 18.1 Å². The third-order valence-electron chi connectivity index (χ3n) is 2.59. The first-order chi connectivity index (χ1) is 7.85. The molecule has 0 saturated carbocycles. The van der Waals surface area contributed by atoms with E-state index in [4.69, 9.17) is 4.74 Å². The van der Waals surface area contributed by atoms with Crippen molar-refractivity contribution in [2.24, 2.45) is 0 Å². The van der Waals surface area contributed by atoms with Crippen LogP contribution in [-0.4, -0.2) is 13.7 Å². The Hall–Kier alpha value is -1.70. The van der Waals surface area contributed by atoms with Crippen LogP contribution in [0.5, 0.6) is 5.75 Å². The van der Waals surface area contributed by atoms with Gasteiger partial charge >= 0.3 is 0 Å². The molecule has 2 aromatic carbocycles. The number of anilines is 1. The largest absolute Gasteiger partial charge is 0.493 e. The number of benzene rings is 2. The molecule has 0 unspecified atom stereocenters. The fraction of sp³-hybridized carbons (Fsp3) is 0.286. The molecule has 2 rings (SSSR count). The Morgan fingerprint density at radius 1 is 1.19 bits per heavy atom. The van der Waals surface area contributed by atoms with Crippen LogP contribution in [-0.2, 0) is 0 Å². The Morgan fingerprint density at radius 2 is 2.06 bits per heavy atom. The van der Waals surface area contributed by atoms with Crippen LogP contribution in [0.25, 0.3) is 10.8 Å². The van der Waals surface area contributed by atoms with Crippen LogP contribution < -0.4 is 10.1 Å². The average molecular weight is 215 g/mol. The molecule has 0 aromatic heterocycles. The van der Waals surface area contributed by atoms with Gasteiger partial charge in [-0.2, -0.15) is 0 Å². The standard InChI is InChI=1S/C14H17NO/c1-3-9-16-14-6-4-5-11-10-12(15-2)7-8-13(11)14/h4-8,10,15H,3,9H2,1-2H3. The van der Waals surface area contributed by atoms with Gasteiger partial charge in [-0.3, -0.25) is 0 Å². The third-order valence-corrected chi connectivity index (χ3v) is 2.59. The number of rotatable bonds is 4. The van der Waals surface area contributed by atoms with Gasteiger partial charge in [0.05, 0.1) is 6.61 Å². The van der Waals surface area contributed by atoms with E-state index in [2.05, 4.69) is 36.5 Å². The van der Waals surface area contributed by atoms with Crippen LogP contribution in [0.1, 0.15) is 13.3 Å². The van der Waals surface area contributed by atoms with Crippen molar-refractivity contribution in [3.05, 3.63) is 36.4 Å². The van der Waals surface area contributed by atoms with Crippen molar-refractivity contribution in [2.45, 2.75) is 13.3 Å². The lowest BCUT2D eigenvalue weighted by Gasteiger charge is -2.09. The van der Waals surface area contributed by atoms with E-state index in [1.165, 1.54) is 10.8 Å². The zero-order valence-corrected chi connectivity index (χ0v) is 9.79. The maximum Gasteiger partial charge on any atom is 0.127 e. The minimum atomic E-state index is 0.771. The van der Waals surface area contributed by atoms with Gasteiger partial charge in [0.15, 0.2) is 0 Å². The molecule has 0 aliphatic rings. The van der Waals surface area contributed by atoms with Crippen molar-refractivity contribution in [1.82, 2.24) is 0 Å². The first kappa shape index (κ1) is 10.8. The molecule has 0 bridgehead atoms. The van der Waals surface area contributed by atoms with Gasteiger partial charge in [0.2, 0.25) is 0 Å². The summed E-state index contributed by atoms with van der Waals surface area (Å²) in [6, 6.07) is 12.5. The van der Waals surface area contributed by atoms with E-state index < -0.39 is 0 Å².